The summed E-state index contributed by atoms with van der Waals surface area (Å²) in [7, 11) is 0. The number of carboxylic acid groups (broad SMARTS) is 1. The smallest absolute Gasteiger partial charge is 0.337 e. The summed E-state index contributed by atoms with van der Waals surface area (Å²) in [5.74, 6) is -0.988. The minimum Gasteiger partial charge on any atom is -0.479 e. The van der Waals surface area contributed by atoms with E-state index in [-0.39, 0.29) is 0 Å². The molecule has 1 aromatic rings. The Morgan fingerprint density at radius 3 is 2.79 bits per heavy atom. The number of carboxylic acids is 1. The first-order valence-electron chi connectivity index (χ1n) is 4.42. The number of rotatable bonds is 4. The minimum atomic E-state index is -0.988. The summed E-state index contributed by atoms with van der Waals surface area (Å²) < 4.78 is 5.09. The molecule has 1 atom stereocenters. The molecule has 0 amide bonds. The highest BCUT2D eigenvalue weighted by atomic mass is 16.5. The van der Waals surface area contributed by atoms with Crippen LogP contribution in [0.4, 0.5) is 0 Å². The molecule has 0 spiro atoms. The fraction of sp³-hybridized carbons (Fsp3) is 0.400. The summed E-state index contributed by atoms with van der Waals surface area (Å²) in [5, 5.41) is 8.87. The molecular formula is C10H13NO3. The van der Waals surface area contributed by atoms with E-state index in [9.17, 15) is 4.79 Å². The van der Waals surface area contributed by atoms with E-state index in [0.29, 0.717) is 12.2 Å². The van der Waals surface area contributed by atoms with E-state index < -0.39 is 12.1 Å². The third-order valence-electron chi connectivity index (χ3n) is 1.79. The predicted octanol–water partition coefficient (Wildman–Crippen LogP) is 1.55. The normalized spacial score (nSPS) is 12.4. The molecule has 0 saturated heterocycles. The van der Waals surface area contributed by atoms with E-state index >= 15 is 0 Å². The maximum absolute atomic E-state index is 10.8. The Balaban J connectivity index is 2.87. The maximum Gasteiger partial charge on any atom is 0.337 e. The summed E-state index contributed by atoms with van der Waals surface area (Å²) in [6, 6.07) is 3.49. The van der Waals surface area contributed by atoms with Crippen molar-refractivity contribution in [1.82, 2.24) is 4.98 Å². The van der Waals surface area contributed by atoms with Crippen molar-refractivity contribution in [2.75, 3.05) is 6.61 Å². The van der Waals surface area contributed by atoms with Crippen LogP contribution in [0.25, 0.3) is 0 Å². The van der Waals surface area contributed by atoms with Crippen LogP contribution in [0.1, 0.15) is 24.3 Å². The molecule has 1 heterocycles. The molecule has 1 N–H and O–H groups in total. The van der Waals surface area contributed by atoms with Crippen LogP contribution in [0, 0.1) is 6.92 Å². The number of aromatic nitrogens is 1. The Kier molecular flexibility index (Phi) is 3.59. The van der Waals surface area contributed by atoms with Gasteiger partial charge in [-0.1, -0.05) is 6.07 Å². The van der Waals surface area contributed by atoms with Crippen LogP contribution in [0.15, 0.2) is 18.3 Å². The molecule has 1 aromatic heterocycles. The van der Waals surface area contributed by atoms with E-state index in [0.717, 1.165) is 5.69 Å². The molecule has 0 aliphatic heterocycles. The first kappa shape index (κ1) is 10.7. The van der Waals surface area contributed by atoms with Gasteiger partial charge in [0.25, 0.3) is 0 Å². The first-order valence-corrected chi connectivity index (χ1v) is 4.42. The van der Waals surface area contributed by atoms with Crippen molar-refractivity contribution in [2.45, 2.75) is 20.0 Å². The summed E-state index contributed by atoms with van der Waals surface area (Å²) in [5.41, 5.74) is 1.43. The standard InChI is InChI=1S/C10H13NO3/c1-3-14-9(10(12)13)8-5-4-7(2)11-6-8/h4-6,9H,3H2,1-2H3,(H,12,13). The van der Waals surface area contributed by atoms with Crippen LogP contribution in [-0.4, -0.2) is 22.7 Å². The van der Waals surface area contributed by atoms with Gasteiger partial charge in [-0.2, -0.15) is 0 Å². The summed E-state index contributed by atoms with van der Waals surface area (Å²) in [6.45, 7) is 3.97. The van der Waals surface area contributed by atoms with Crippen molar-refractivity contribution >= 4 is 5.97 Å². The number of aryl methyl sites for hydroxylation is 1. The average Bonchev–Trinajstić information content (AvgIpc) is 2.15. The largest absolute Gasteiger partial charge is 0.479 e. The Morgan fingerprint density at radius 1 is 1.64 bits per heavy atom. The van der Waals surface area contributed by atoms with Crippen molar-refractivity contribution in [3.8, 4) is 0 Å². The van der Waals surface area contributed by atoms with Gasteiger partial charge in [0.2, 0.25) is 0 Å². The topological polar surface area (TPSA) is 59.4 Å². The van der Waals surface area contributed by atoms with Gasteiger partial charge in [-0.05, 0) is 19.9 Å². The van der Waals surface area contributed by atoms with Crippen LogP contribution >= 0.6 is 0 Å². The van der Waals surface area contributed by atoms with E-state index in [1.165, 1.54) is 6.20 Å². The van der Waals surface area contributed by atoms with Crippen LogP contribution in [0.2, 0.25) is 0 Å². The van der Waals surface area contributed by atoms with Gasteiger partial charge in [-0.3, -0.25) is 4.98 Å². The quantitative estimate of drug-likeness (QED) is 0.791. The Morgan fingerprint density at radius 2 is 2.36 bits per heavy atom. The Labute approximate surface area is 82.5 Å². The Hall–Kier alpha value is -1.42. The third kappa shape index (κ3) is 2.53. The second-order valence-electron chi connectivity index (χ2n) is 2.91. The predicted molar refractivity (Wildman–Crippen MR) is 51.0 cm³/mol. The van der Waals surface area contributed by atoms with E-state index in [1.54, 1.807) is 19.1 Å². The Bertz CT molecular complexity index is 308. The minimum absolute atomic E-state index is 0.366. The number of aliphatic carboxylic acids is 1. The van der Waals surface area contributed by atoms with Gasteiger partial charge in [0.1, 0.15) is 0 Å². The van der Waals surface area contributed by atoms with Crippen LogP contribution in [0.3, 0.4) is 0 Å². The molecule has 14 heavy (non-hydrogen) atoms. The molecule has 1 rings (SSSR count). The van der Waals surface area contributed by atoms with E-state index in [1.807, 2.05) is 6.92 Å². The highest BCUT2D eigenvalue weighted by Gasteiger charge is 2.19. The molecule has 1 unspecified atom stereocenters. The average molecular weight is 195 g/mol. The SMILES string of the molecule is CCOC(C(=O)O)c1ccc(C)nc1. The first-order chi connectivity index (χ1) is 6.65. The molecule has 4 heteroatoms. The van der Waals surface area contributed by atoms with Gasteiger partial charge in [0.15, 0.2) is 6.10 Å². The molecule has 0 bridgehead atoms. The van der Waals surface area contributed by atoms with Crippen molar-refractivity contribution in [1.29, 1.82) is 0 Å². The van der Waals surface area contributed by atoms with Gasteiger partial charge in [-0.25, -0.2) is 4.79 Å². The van der Waals surface area contributed by atoms with Crippen LogP contribution in [-0.2, 0) is 9.53 Å². The zero-order chi connectivity index (χ0) is 10.6. The van der Waals surface area contributed by atoms with Gasteiger partial charge >= 0.3 is 5.97 Å². The van der Waals surface area contributed by atoms with Gasteiger partial charge < -0.3 is 9.84 Å². The molecule has 0 fully saturated rings. The molecule has 0 aliphatic carbocycles. The lowest BCUT2D eigenvalue weighted by Crippen LogP contribution is -2.15. The van der Waals surface area contributed by atoms with Crippen molar-refractivity contribution in [3.63, 3.8) is 0 Å². The zero-order valence-electron chi connectivity index (χ0n) is 8.23. The fourth-order valence-corrected chi connectivity index (χ4v) is 1.11. The third-order valence-corrected chi connectivity index (χ3v) is 1.79. The number of nitrogens with zero attached hydrogens (tertiary/aromatic N) is 1. The van der Waals surface area contributed by atoms with Crippen molar-refractivity contribution < 1.29 is 14.6 Å². The zero-order valence-corrected chi connectivity index (χ0v) is 8.23. The fourth-order valence-electron chi connectivity index (χ4n) is 1.11. The molecular weight excluding hydrogens is 182 g/mol. The van der Waals surface area contributed by atoms with Crippen LogP contribution < -0.4 is 0 Å². The second kappa shape index (κ2) is 4.72. The number of hydrogen-bond acceptors (Lipinski definition) is 3. The summed E-state index contributed by atoms with van der Waals surface area (Å²) in [4.78, 5) is 14.8. The van der Waals surface area contributed by atoms with E-state index in [2.05, 4.69) is 4.98 Å². The monoisotopic (exact) mass is 195 g/mol. The maximum atomic E-state index is 10.8. The molecule has 76 valence electrons. The molecule has 4 nitrogen and oxygen atoms in total. The van der Waals surface area contributed by atoms with Gasteiger partial charge in [0, 0.05) is 24.1 Å². The second-order valence-corrected chi connectivity index (χ2v) is 2.91. The molecule has 0 aliphatic rings. The molecule has 0 aromatic carbocycles. The highest BCUT2D eigenvalue weighted by molar-refractivity contribution is 5.74. The summed E-state index contributed by atoms with van der Waals surface area (Å²) in [6.07, 6.45) is 0.622. The lowest BCUT2D eigenvalue weighted by atomic mass is 10.1. The van der Waals surface area contributed by atoms with Gasteiger partial charge in [-0.15, -0.1) is 0 Å². The number of pyridine rings is 1. The van der Waals surface area contributed by atoms with Crippen molar-refractivity contribution in [3.05, 3.63) is 29.6 Å². The van der Waals surface area contributed by atoms with Crippen LogP contribution in [0.5, 0.6) is 0 Å². The molecule has 0 radical (unpaired) electrons. The lowest BCUT2D eigenvalue weighted by molar-refractivity contribution is -0.150. The number of ether oxygens (including phenoxy) is 1. The van der Waals surface area contributed by atoms with Crippen molar-refractivity contribution in [2.24, 2.45) is 0 Å². The lowest BCUT2D eigenvalue weighted by Gasteiger charge is -2.11. The molecule has 0 saturated carbocycles. The number of hydrogen-bond donors (Lipinski definition) is 1. The summed E-state index contributed by atoms with van der Waals surface area (Å²) >= 11 is 0. The van der Waals surface area contributed by atoms with Gasteiger partial charge in [0.05, 0.1) is 0 Å². The highest BCUT2D eigenvalue weighted by Crippen LogP contribution is 2.16. The van der Waals surface area contributed by atoms with E-state index in [4.69, 9.17) is 9.84 Å². The number of carbonyl (C=O) groups is 1.